The average molecular weight is 567 g/mol. The second-order valence-corrected chi connectivity index (χ2v) is 9.67. The summed E-state index contributed by atoms with van der Waals surface area (Å²) >= 11 is 32.5. The molecule has 0 aliphatic carbocycles. The summed E-state index contributed by atoms with van der Waals surface area (Å²) in [5.41, 5.74) is 1.44. The van der Waals surface area contributed by atoms with E-state index in [4.69, 9.17) is 72.2 Å². The maximum atomic E-state index is 15.0. The molecule has 0 atom stereocenters. The fourth-order valence-corrected chi connectivity index (χ4v) is 4.81. The molecule has 0 radical (unpaired) electrons. The number of methoxy groups -OCH3 is 1. The summed E-state index contributed by atoms with van der Waals surface area (Å²) in [4.78, 5) is 0. The second kappa shape index (κ2) is 11.5. The van der Waals surface area contributed by atoms with E-state index < -0.39 is 5.82 Å². The van der Waals surface area contributed by atoms with Crippen LogP contribution in [-0.4, -0.2) is 19.8 Å². The largest absolute Gasteiger partial charge is 0.495 e. The highest BCUT2D eigenvalue weighted by Crippen LogP contribution is 2.50. The minimum absolute atomic E-state index is 0.119. The second-order valence-electron chi connectivity index (χ2n) is 7.67. The first-order chi connectivity index (χ1) is 16.1. The zero-order valence-electron chi connectivity index (χ0n) is 18.9. The molecule has 34 heavy (non-hydrogen) atoms. The molecule has 0 N–H and O–H groups in total. The van der Waals surface area contributed by atoms with E-state index in [1.54, 1.807) is 18.2 Å². The summed E-state index contributed by atoms with van der Waals surface area (Å²) in [5, 5.41) is 1.21. The van der Waals surface area contributed by atoms with Gasteiger partial charge >= 0.3 is 0 Å². The lowest BCUT2D eigenvalue weighted by atomic mass is 9.97. The molecule has 0 heterocycles. The van der Waals surface area contributed by atoms with E-state index in [9.17, 15) is 4.39 Å². The monoisotopic (exact) mass is 564 g/mol. The minimum Gasteiger partial charge on any atom is -0.495 e. The molecular formula is C25H22Cl5FO3. The van der Waals surface area contributed by atoms with Crippen molar-refractivity contribution in [2.24, 2.45) is 0 Å². The number of rotatable bonds is 8. The lowest BCUT2D eigenvalue weighted by molar-refractivity contribution is 0.242. The van der Waals surface area contributed by atoms with Crippen LogP contribution in [0.1, 0.15) is 27.2 Å². The molecule has 0 aliphatic heterocycles. The Bertz CT molecular complexity index is 1210. The molecule has 0 spiro atoms. The van der Waals surface area contributed by atoms with Gasteiger partial charge < -0.3 is 14.2 Å². The lowest BCUT2D eigenvalue weighted by Crippen LogP contribution is -2.06. The molecule has 0 saturated carbocycles. The first-order valence-corrected chi connectivity index (χ1v) is 12.3. The summed E-state index contributed by atoms with van der Waals surface area (Å²) in [6.45, 7) is 6.05. The molecule has 0 saturated heterocycles. The van der Waals surface area contributed by atoms with E-state index in [0.717, 1.165) is 0 Å². The van der Waals surface area contributed by atoms with E-state index >= 15 is 0 Å². The Morgan fingerprint density at radius 3 is 2.06 bits per heavy atom. The van der Waals surface area contributed by atoms with Crippen molar-refractivity contribution in [1.82, 2.24) is 0 Å². The first-order valence-electron chi connectivity index (χ1n) is 10.4. The lowest BCUT2D eigenvalue weighted by Gasteiger charge is -2.20. The third kappa shape index (κ3) is 5.63. The molecule has 3 rings (SSSR count). The average Bonchev–Trinajstić information content (AvgIpc) is 2.75. The number of ether oxygens (including phenoxy) is 3. The zero-order valence-corrected chi connectivity index (χ0v) is 22.7. The highest BCUT2D eigenvalue weighted by atomic mass is 35.5. The maximum Gasteiger partial charge on any atom is 0.146 e. The van der Waals surface area contributed by atoms with Gasteiger partial charge in [-0.05, 0) is 50.6 Å². The Hall–Kier alpha value is -1.56. The van der Waals surface area contributed by atoms with Gasteiger partial charge in [-0.1, -0.05) is 64.9 Å². The zero-order chi connectivity index (χ0) is 25.2. The SMILES string of the molecule is CCCOc1c(-c2cc(OC)c(Cl)cc2F)cc(Cl)c(-c2cc(OC(C)C)c(Cl)cc2Cl)c1Cl. The van der Waals surface area contributed by atoms with Crippen molar-refractivity contribution in [1.29, 1.82) is 0 Å². The van der Waals surface area contributed by atoms with Gasteiger partial charge in [0.15, 0.2) is 0 Å². The van der Waals surface area contributed by atoms with Gasteiger partial charge in [-0.15, -0.1) is 0 Å². The van der Waals surface area contributed by atoms with E-state index in [2.05, 4.69) is 0 Å². The predicted molar refractivity (Wildman–Crippen MR) is 140 cm³/mol. The number of benzene rings is 3. The molecule has 0 amide bonds. The Kier molecular flexibility index (Phi) is 9.10. The third-order valence-electron chi connectivity index (χ3n) is 4.81. The minimum atomic E-state index is -0.579. The van der Waals surface area contributed by atoms with Crippen molar-refractivity contribution < 1.29 is 18.6 Å². The Morgan fingerprint density at radius 1 is 0.794 bits per heavy atom. The summed E-state index contributed by atoms with van der Waals surface area (Å²) < 4.78 is 32.0. The quantitative estimate of drug-likeness (QED) is 0.272. The standard InChI is InChI=1S/C25H22Cl5FO3/c1-5-6-33-25-14(13-8-21(32-4)18(28)11-20(13)31)7-19(29)23(24(25)30)15-9-22(34-12(2)3)17(27)10-16(15)26/h7-12H,5-6H2,1-4H3. The Morgan fingerprint density at radius 2 is 1.44 bits per heavy atom. The van der Waals surface area contributed by atoms with Crippen LogP contribution in [0.5, 0.6) is 17.2 Å². The molecule has 0 unspecified atom stereocenters. The molecule has 9 heteroatoms. The van der Waals surface area contributed by atoms with Crippen molar-refractivity contribution >= 4 is 58.0 Å². The van der Waals surface area contributed by atoms with Crippen LogP contribution in [-0.2, 0) is 0 Å². The van der Waals surface area contributed by atoms with Gasteiger partial charge in [0.1, 0.15) is 23.1 Å². The fourth-order valence-electron chi connectivity index (χ4n) is 3.35. The molecule has 3 aromatic rings. The predicted octanol–water partition coefficient (Wildman–Crippen LogP) is 10.0. The number of hydrogen-bond donors (Lipinski definition) is 0. The summed E-state index contributed by atoms with van der Waals surface area (Å²) in [6, 6.07) is 7.45. The molecule has 0 aliphatic rings. The number of halogens is 6. The molecule has 0 bridgehead atoms. The summed E-state index contributed by atoms with van der Waals surface area (Å²) in [5.74, 6) is 0.400. The van der Waals surface area contributed by atoms with Crippen LogP contribution >= 0.6 is 58.0 Å². The summed E-state index contributed by atoms with van der Waals surface area (Å²) in [7, 11) is 1.44. The van der Waals surface area contributed by atoms with Crippen molar-refractivity contribution in [2.75, 3.05) is 13.7 Å². The van der Waals surface area contributed by atoms with Gasteiger partial charge in [-0.3, -0.25) is 0 Å². The Labute approximate surface area is 223 Å². The smallest absolute Gasteiger partial charge is 0.146 e. The normalized spacial score (nSPS) is 11.1. The summed E-state index contributed by atoms with van der Waals surface area (Å²) in [6.07, 6.45) is 0.583. The van der Waals surface area contributed by atoms with Crippen LogP contribution in [0.4, 0.5) is 4.39 Å². The first kappa shape index (κ1) is 27.0. The van der Waals surface area contributed by atoms with Crippen molar-refractivity contribution in [3.05, 3.63) is 61.3 Å². The Balaban J connectivity index is 2.30. The van der Waals surface area contributed by atoms with Gasteiger partial charge in [0, 0.05) is 22.3 Å². The highest BCUT2D eigenvalue weighted by Gasteiger charge is 2.25. The van der Waals surface area contributed by atoms with Crippen LogP contribution < -0.4 is 14.2 Å². The molecule has 0 aromatic heterocycles. The molecule has 182 valence electrons. The van der Waals surface area contributed by atoms with Crippen LogP contribution in [0.3, 0.4) is 0 Å². The van der Waals surface area contributed by atoms with E-state index in [1.807, 2.05) is 20.8 Å². The van der Waals surface area contributed by atoms with Gasteiger partial charge in [-0.2, -0.15) is 0 Å². The van der Waals surface area contributed by atoms with Crippen molar-refractivity contribution in [3.8, 4) is 39.5 Å². The van der Waals surface area contributed by atoms with Crippen LogP contribution in [0.15, 0.2) is 30.3 Å². The van der Waals surface area contributed by atoms with Crippen molar-refractivity contribution in [3.63, 3.8) is 0 Å². The van der Waals surface area contributed by atoms with Gasteiger partial charge in [0.2, 0.25) is 0 Å². The topological polar surface area (TPSA) is 27.7 Å². The molecule has 0 fully saturated rings. The van der Waals surface area contributed by atoms with Gasteiger partial charge in [0.05, 0.1) is 44.9 Å². The van der Waals surface area contributed by atoms with Gasteiger partial charge in [0.25, 0.3) is 0 Å². The molecular weight excluding hydrogens is 545 g/mol. The highest BCUT2D eigenvalue weighted by molar-refractivity contribution is 6.43. The molecule has 3 aromatic carbocycles. The van der Waals surface area contributed by atoms with Crippen LogP contribution in [0.25, 0.3) is 22.3 Å². The van der Waals surface area contributed by atoms with E-state index in [0.29, 0.717) is 51.3 Å². The van der Waals surface area contributed by atoms with Crippen LogP contribution in [0.2, 0.25) is 25.1 Å². The molecule has 3 nitrogen and oxygen atoms in total. The van der Waals surface area contributed by atoms with E-state index in [1.165, 1.54) is 19.2 Å². The number of hydrogen-bond acceptors (Lipinski definition) is 3. The van der Waals surface area contributed by atoms with Gasteiger partial charge in [-0.25, -0.2) is 4.39 Å². The fraction of sp³-hybridized carbons (Fsp3) is 0.280. The maximum absolute atomic E-state index is 15.0. The van der Waals surface area contributed by atoms with Crippen molar-refractivity contribution in [2.45, 2.75) is 33.3 Å². The van der Waals surface area contributed by atoms with Crippen LogP contribution in [0, 0.1) is 5.82 Å². The van der Waals surface area contributed by atoms with E-state index in [-0.39, 0.29) is 32.5 Å². The third-order valence-corrected chi connectivity index (χ3v) is 6.37.